The molecule has 0 spiro atoms. The van der Waals surface area contributed by atoms with Gasteiger partial charge in [-0.15, -0.1) is 0 Å². The summed E-state index contributed by atoms with van der Waals surface area (Å²) < 4.78 is 1.43. The van der Waals surface area contributed by atoms with Gasteiger partial charge < -0.3 is 4.48 Å². The van der Waals surface area contributed by atoms with Gasteiger partial charge in [0.25, 0.3) is 0 Å². The lowest BCUT2D eigenvalue weighted by atomic mass is 10.1. The Balaban J connectivity index is 4.21. The zero-order valence-corrected chi connectivity index (χ0v) is 22.8. The van der Waals surface area contributed by atoms with Crippen molar-refractivity contribution in [2.24, 2.45) is 0 Å². The van der Waals surface area contributed by atoms with E-state index in [9.17, 15) is 0 Å². The van der Waals surface area contributed by atoms with Crippen molar-refractivity contribution in [2.45, 2.75) is 169 Å². The van der Waals surface area contributed by atoms with Crippen LogP contribution in [0.25, 0.3) is 0 Å². The molecule has 0 aliphatic heterocycles. The quantitative estimate of drug-likeness (QED) is 0.0930. The Morgan fingerprint density at radius 3 is 0.742 bits per heavy atom. The molecule has 0 aromatic carbocycles. The smallest absolute Gasteiger partial charge is 0.0786 e. The molecule has 0 saturated heterocycles. The summed E-state index contributed by atoms with van der Waals surface area (Å²) in [5, 5.41) is 0. The van der Waals surface area contributed by atoms with Crippen molar-refractivity contribution in [1.82, 2.24) is 0 Å². The molecule has 0 N–H and O–H groups in total. The standard InChI is InChI=1S/C30H64N/c1-5-9-12-15-18-20-23-26-29-31(8-4,28-25-22-17-14-11-7-3)30-27-24-21-19-16-13-10-6-2/h5-30H2,1-4H3/q+1. The highest BCUT2D eigenvalue weighted by Crippen LogP contribution is 2.18. The lowest BCUT2D eigenvalue weighted by Crippen LogP contribution is -2.50. The van der Waals surface area contributed by atoms with E-state index in [2.05, 4.69) is 27.7 Å². The number of rotatable bonds is 26. The number of unbranched alkanes of at least 4 members (excludes halogenated alkanes) is 19. The van der Waals surface area contributed by atoms with Crippen LogP contribution in [0.3, 0.4) is 0 Å². The van der Waals surface area contributed by atoms with E-state index in [1.807, 2.05) is 0 Å². The topological polar surface area (TPSA) is 0 Å². The van der Waals surface area contributed by atoms with Crippen LogP contribution in [0.2, 0.25) is 0 Å². The zero-order chi connectivity index (χ0) is 22.9. The van der Waals surface area contributed by atoms with Crippen LogP contribution in [0.5, 0.6) is 0 Å². The third-order valence-corrected chi connectivity index (χ3v) is 7.63. The molecular formula is C30H64N+. The third-order valence-electron chi connectivity index (χ3n) is 7.63. The van der Waals surface area contributed by atoms with E-state index >= 15 is 0 Å². The van der Waals surface area contributed by atoms with Crippen molar-refractivity contribution in [1.29, 1.82) is 0 Å². The predicted molar refractivity (Wildman–Crippen MR) is 144 cm³/mol. The minimum absolute atomic E-state index is 1.36. The molecular weight excluding hydrogens is 374 g/mol. The fourth-order valence-electron chi connectivity index (χ4n) is 5.20. The van der Waals surface area contributed by atoms with Crippen LogP contribution >= 0.6 is 0 Å². The first-order valence-corrected chi connectivity index (χ1v) is 15.1. The van der Waals surface area contributed by atoms with E-state index in [4.69, 9.17) is 0 Å². The summed E-state index contributed by atoms with van der Waals surface area (Å²) in [5.74, 6) is 0. The van der Waals surface area contributed by atoms with Gasteiger partial charge in [-0.3, -0.25) is 0 Å². The molecule has 0 aromatic heterocycles. The van der Waals surface area contributed by atoms with Gasteiger partial charge in [-0.1, -0.05) is 124 Å². The first-order chi connectivity index (χ1) is 15.2. The molecule has 1 nitrogen and oxygen atoms in total. The molecule has 0 radical (unpaired) electrons. The molecule has 0 rings (SSSR count). The van der Waals surface area contributed by atoms with Gasteiger partial charge in [0.2, 0.25) is 0 Å². The van der Waals surface area contributed by atoms with Crippen molar-refractivity contribution in [3.63, 3.8) is 0 Å². The molecule has 1 heteroatoms. The number of quaternary nitrogens is 1. The van der Waals surface area contributed by atoms with Crippen molar-refractivity contribution in [3.05, 3.63) is 0 Å². The largest absolute Gasteiger partial charge is 0.324 e. The highest BCUT2D eigenvalue weighted by molar-refractivity contribution is 4.53. The predicted octanol–water partition coefficient (Wildman–Crippen LogP) is 10.5. The van der Waals surface area contributed by atoms with E-state index in [0.717, 1.165) is 0 Å². The summed E-state index contributed by atoms with van der Waals surface area (Å²) >= 11 is 0. The second kappa shape index (κ2) is 24.6. The second-order valence-electron chi connectivity index (χ2n) is 10.5. The maximum atomic E-state index is 2.48. The van der Waals surface area contributed by atoms with Gasteiger partial charge in [-0.05, 0) is 45.4 Å². The van der Waals surface area contributed by atoms with E-state index in [-0.39, 0.29) is 0 Å². The molecule has 0 bridgehead atoms. The van der Waals surface area contributed by atoms with Gasteiger partial charge in [-0.25, -0.2) is 0 Å². The Hall–Kier alpha value is -0.0400. The van der Waals surface area contributed by atoms with Gasteiger partial charge in [0.1, 0.15) is 0 Å². The minimum Gasteiger partial charge on any atom is -0.324 e. The average Bonchev–Trinajstić information content (AvgIpc) is 2.79. The van der Waals surface area contributed by atoms with E-state index < -0.39 is 0 Å². The van der Waals surface area contributed by atoms with Crippen molar-refractivity contribution in [2.75, 3.05) is 26.2 Å². The molecule has 0 aliphatic carbocycles. The Morgan fingerprint density at radius 2 is 0.516 bits per heavy atom. The average molecular weight is 439 g/mol. The zero-order valence-electron chi connectivity index (χ0n) is 22.8. The fourth-order valence-corrected chi connectivity index (χ4v) is 5.20. The second-order valence-corrected chi connectivity index (χ2v) is 10.5. The van der Waals surface area contributed by atoms with Crippen LogP contribution in [-0.4, -0.2) is 30.7 Å². The van der Waals surface area contributed by atoms with E-state index in [1.165, 1.54) is 172 Å². The van der Waals surface area contributed by atoms with E-state index in [1.54, 1.807) is 0 Å². The summed E-state index contributed by atoms with van der Waals surface area (Å²) in [6.45, 7) is 15.2. The maximum absolute atomic E-state index is 2.48. The molecule has 0 saturated carbocycles. The maximum Gasteiger partial charge on any atom is 0.0786 e. The van der Waals surface area contributed by atoms with Gasteiger partial charge >= 0.3 is 0 Å². The van der Waals surface area contributed by atoms with Crippen molar-refractivity contribution in [3.8, 4) is 0 Å². The summed E-state index contributed by atoms with van der Waals surface area (Å²) in [6, 6.07) is 0. The summed E-state index contributed by atoms with van der Waals surface area (Å²) in [7, 11) is 0. The van der Waals surface area contributed by atoms with Crippen molar-refractivity contribution >= 4 is 0 Å². The first kappa shape index (κ1) is 31.0. The Kier molecular flexibility index (Phi) is 24.6. The lowest BCUT2D eigenvalue weighted by molar-refractivity contribution is -0.927. The summed E-state index contributed by atoms with van der Waals surface area (Å²) in [4.78, 5) is 0. The van der Waals surface area contributed by atoms with Crippen LogP contribution in [0, 0.1) is 0 Å². The first-order valence-electron chi connectivity index (χ1n) is 15.1. The number of nitrogens with zero attached hydrogens (tertiary/aromatic N) is 1. The SMILES string of the molecule is CCCCCCCCCC[N+](CC)(CCCCCCCC)CCCCCCCCCC. The van der Waals surface area contributed by atoms with Gasteiger partial charge in [0, 0.05) is 0 Å². The molecule has 0 aromatic rings. The third kappa shape index (κ3) is 20.3. The molecule has 188 valence electrons. The van der Waals surface area contributed by atoms with Gasteiger partial charge in [0.15, 0.2) is 0 Å². The molecule has 0 aliphatic rings. The van der Waals surface area contributed by atoms with Crippen LogP contribution < -0.4 is 0 Å². The molecule has 0 amide bonds. The van der Waals surface area contributed by atoms with Crippen LogP contribution in [0.15, 0.2) is 0 Å². The monoisotopic (exact) mass is 439 g/mol. The molecule has 0 atom stereocenters. The Morgan fingerprint density at radius 1 is 0.290 bits per heavy atom. The normalized spacial score (nSPS) is 12.0. The Labute approximate surface area is 199 Å². The highest BCUT2D eigenvalue weighted by Gasteiger charge is 2.23. The molecule has 31 heavy (non-hydrogen) atoms. The number of hydrogen-bond donors (Lipinski definition) is 0. The molecule has 0 fully saturated rings. The minimum atomic E-state index is 1.36. The number of hydrogen-bond acceptors (Lipinski definition) is 0. The van der Waals surface area contributed by atoms with Gasteiger partial charge in [0.05, 0.1) is 26.2 Å². The lowest BCUT2D eigenvalue weighted by Gasteiger charge is -2.38. The Bertz CT molecular complexity index is 304. The fraction of sp³-hybridized carbons (Fsp3) is 1.00. The molecule has 0 unspecified atom stereocenters. The summed E-state index contributed by atoms with van der Waals surface area (Å²) in [6.07, 6.45) is 31.9. The van der Waals surface area contributed by atoms with Crippen LogP contribution in [-0.2, 0) is 0 Å². The van der Waals surface area contributed by atoms with Crippen LogP contribution in [0.4, 0.5) is 0 Å². The summed E-state index contributed by atoms with van der Waals surface area (Å²) in [5.41, 5.74) is 0. The highest BCUT2D eigenvalue weighted by atomic mass is 15.3. The van der Waals surface area contributed by atoms with E-state index in [0.29, 0.717) is 0 Å². The van der Waals surface area contributed by atoms with Crippen molar-refractivity contribution < 1.29 is 4.48 Å². The van der Waals surface area contributed by atoms with Crippen LogP contribution in [0.1, 0.15) is 169 Å². The molecule has 0 heterocycles. The van der Waals surface area contributed by atoms with Gasteiger partial charge in [-0.2, -0.15) is 0 Å².